The summed E-state index contributed by atoms with van der Waals surface area (Å²) in [6.45, 7) is 3.61. The lowest BCUT2D eigenvalue weighted by Crippen LogP contribution is -2.59. The Morgan fingerprint density at radius 3 is 2.40 bits per heavy atom. The first-order chi connectivity index (χ1) is 9.24. The molecule has 2 heterocycles. The highest BCUT2D eigenvalue weighted by molar-refractivity contribution is 5.77. The average molecular weight is 292 g/mol. The minimum atomic E-state index is -1.62. The molecule has 2 rings (SSSR count). The molecule has 0 amide bonds. The number of esters is 1. The van der Waals surface area contributed by atoms with E-state index in [0.717, 1.165) is 0 Å². The highest BCUT2D eigenvalue weighted by Crippen LogP contribution is 2.31. The molecular formula is C12H20O8. The number of hydrogen-bond donors (Lipinski definition) is 4. The van der Waals surface area contributed by atoms with Crippen LogP contribution in [0.1, 0.15) is 13.8 Å². The van der Waals surface area contributed by atoms with Crippen molar-refractivity contribution in [3.05, 3.63) is 0 Å². The monoisotopic (exact) mass is 292 g/mol. The molecule has 6 atom stereocenters. The first-order valence-electron chi connectivity index (χ1n) is 6.40. The summed E-state index contributed by atoms with van der Waals surface area (Å²) in [5.74, 6) is -0.499. The van der Waals surface area contributed by atoms with E-state index in [1.54, 1.807) is 13.8 Å². The molecule has 0 bridgehead atoms. The zero-order valence-corrected chi connectivity index (χ0v) is 11.3. The maximum Gasteiger partial charge on any atom is 0.335 e. The van der Waals surface area contributed by atoms with Crippen molar-refractivity contribution in [2.75, 3.05) is 13.2 Å². The van der Waals surface area contributed by atoms with E-state index in [1.165, 1.54) is 0 Å². The van der Waals surface area contributed by atoms with Crippen LogP contribution in [-0.2, 0) is 19.0 Å². The van der Waals surface area contributed by atoms with Crippen LogP contribution in [0.15, 0.2) is 0 Å². The minimum Gasteiger partial charge on any atom is -0.463 e. The summed E-state index contributed by atoms with van der Waals surface area (Å²) in [6, 6.07) is 0. The SMILES string of the molecule is CC1(C)COC(=O)C1OCC1OC(O)C(O)C(O)C1O. The number of ether oxygens (including phenoxy) is 3. The van der Waals surface area contributed by atoms with Gasteiger partial charge in [-0.05, 0) is 0 Å². The smallest absolute Gasteiger partial charge is 0.335 e. The molecule has 6 unspecified atom stereocenters. The summed E-state index contributed by atoms with van der Waals surface area (Å²) < 4.78 is 15.3. The molecule has 0 spiro atoms. The third kappa shape index (κ3) is 2.80. The van der Waals surface area contributed by atoms with E-state index in [2.05, 4.69) is 0 Å². The predicted molar refractivity (Wildman–Crippen MR) is 63.4 cm³/mol. The fourth-order valence-corrected chi connectivity index (χ4v) is 2.28. The van der Waals surface area contributed by atoms with Crippen molar-refractivity contribution in [2.24, 2.45) is 5.41 Å². The molecule has 0 aliphatic carbocycles. The molecule has 2 saturated heterocycles. The molecule has 2 fully saturated rings. The topological polar surface area (TPSA) is 126 Å². The molecule has 2 aliphatic rings. The van der Waals surface area contributed by atoms with Crippen LogP contribution in [0.25, 0.3) is 0 Å². The minimum absolute atomic E-state index is 0.217. The lowest BCUT2D eigenvalue weighted by Gasteiger charge is -2.38. The third-order valence-electron chi connectivity index (χ3n) is 3.62. The number of rotatable bonds is 3. The highest BCUT2D eigenvalue weighted by atomic mass is 16.7. The quantitative estimate of drug-likeness (QED) is 0.430. The molecule has 8 heteroatoms. The van der Waals surface area contributed by atoms with Gasteiger partial charge in [0.05, 0.1) is 13.2 Å². The summed E-state index contributed by atoms with van der Waals surface area (Å²) in [5, 5.41) is 38.0. The van der Waals surface area contributed by atoms with Crippen LogP contribution in [0.5, 0.6) is 0 Å². The molecule has 0 aromatic rings. The molecule has 20 heavy (non-hydrogen) atoms. The third-order valence-corrected chi connectivity index (χ3v) is 3.62. The van der Waals surface area contributed by atoms with E-state index >= 15 is 0 Å². The normalized spacial score (nSPS) is 44.4. The van der Waals surface area contributed by atoms with Gasteiger partial charge in [0.25, 0.3) is 0 Å². The second kappa shape index (κ2) is 5.55. The number of cyclic esters (lactones) is 1. The van der Waals surface area contributed by atoms with E-state index in [4.69, 9.17) is 14.2 Å². The van der Waals surface area contributed by atoms with Crippen LogP contribution in [0.3, 0.4) is 0 Å². The van der Waals surface area contributed by atoms with Gasteiger partial charge in [0, 0.05) is 5.41 Å². The van der Waals surface area contributed by atoms with Crippen LogP contribution >= 0.6 is 0 Å². The van der Waals surface area contributed by atoms with Crippen molar-refractivity contribution in [1.29, 1.82) is 0 Å². The van der Waals surface area contributed by atoms with Crippen LogP contribution in [0, 0.1) is 5.41 Å². The maximum atomic E-state index is 11.5. The van der Waals surface area contributed by atoms with E-state index in [-0.39, 0.29) is 13.2 Å². The van der Waals surface area contributed by atoms with Gasteiger partial charge in [0.1, 0.15) is 24.4 Å². The molecule has 0 aromatic carbocycles. The van der Waals surface area contributed by atoms with E-state index < -0.39 is 48.2 Å². The molecular weight excluding hydrogens is 272 g/mol. The Bertz CT molecular complexity index is 370. The van der Waals surface area contributed by atoms with E-state index in [9.17, 15) is 25.2 Å². The molecule has 4 N–H and O–H groups in total. The second-order valence-corrected chi connectivity index (χ2v) is 5.85. The first kappa shape index (κ1) is 15.6. The summed E-state index contributed by atoms with van der Waals surface area (Å²) in [6.07, 6.45) is -8.03. The number of carbonyl (C=O) groups excluding carboxylic acids is 1. The van der Waals surface area contributed by atoms with Gasteiger partial charge < -0.3 is 34.6 Å². The zero-order chi connectivity index (χ0) is 15.1. The first-order valence-corrected chi connectivity index (χ1v) is 6.40. The second-order valence-electron chi connectivity index (χ2n) is 5.85. The van der Waals surface area contributed by atoms with E-state index in [1.807, 2.05) is 0 Å². The van der Waals surface area contributed by atoms with Gasteiger partial charge in [-0.25, -0.2) is 4.79 Å². The summed E-state index contributed by atoms with van der Waals surface area (Å²) >= 11 is 0. The average Bonchev–Trinajstić information content (AvgIpc) is 2.64. The fraction of sp³-hybridized carbons (Fsp3) is 0.917. The Kier molecular flexibility index (Phi) is 4.33. The van der Waals surface area contributed by atoms with Gasteiger partial charge in [-0.3, -0.25) is 0 Å². The largest absolute Gasteiger partial charge is 0.463 e. The van der Waals surface area contributed by atoms with Crippen molar-refractivity contribution in [1.82, 2.24) is 0 Å². The van der Waals surface area contributed by atoms with Crippen molar-refractivity contribution in [3.8, 4) is 0 Å². The number of aliphatic hydroxyl groups excluding tert-OH is 4. The van der Waals surface area contributed by atoms with Gasteiger partial charge >= 0.3 is 5.97 Å². The lowest BCUT2D eigenvalue weighted by atomic mass is 9.89. The van der Waals surface area contributed by atoms with Crippen LogP contribution in [0.2, 0.25) is 0 Å². The van der Waals surface area contributed by atoms with Gasteiger partial charge in [-0.1, -0.05) is 13.8 Å². The summed E-state index contributed by atoms with van der Waals surface area (Å²) in [5.41, 5.74) is -0.506. The zero-order valence-electron chi connectivity index (χ0n) is 11.3. The summed E-state index contributed by atoms with van der Waals surface area (Å²) in [7, 11) is 0. The summed E-state index contributed by atoms with van der Waals surface area (Å²) in [4.78, 5) is 11.5. The number of aliphatic hydroxyl groups is 4. The van der Waals surface area contributed by atoms with Crippen molar-refractivity contribution in [2.45, 2.75) is 50.7 Å². The number of hydrogen-bond acceptors (Lipinski definition) is 8. The molecule has 2 aliphatic heterocycles. The van der Waals surface area contributed by atoms with Crippen LogP contribution < -0.4 is 0 Å². The van der Waals surface area contributed by atoms with Gasteiger partial charge in [-0.15, -0.1) is 0 Å². The fourth-order valence-electron chi connectivity index (χ4n) is 2.28. The Balaban J connectivity index is 1.95. The van der Waals surface area contributed by atoms with Gasteiger partial charge in [0.2, 0.25) is 0 Å². The standard InChI is InChI=1S/C12H20O8/c1-12(2)4-19-11(17)9(12)18-3-5-6(13)7(14)8(15)10(16)20-5/h5-10,13-16H,3-4H2,1-2H3. The molecule has 116 valence electrons. The van der Waals surface area contributed by atoms with Crippen molar-refractivity contribution >= 4 is 5.97 Å². The Labute approximate surface area is 115 Å². The lowest BCUT2D eigenvalue weighted by molar-refractivity contribution is -0.290. The molecule has 0 radical (unpaired) electrons. The van der Waals surface area contributed by atoms with E-state index in [0.29, 0.717) is 0 Å². The number of carbonyl (C=O) groups is 1. The van der Waals surface area contributed by atoms with Crippen molar-refractivity contribution in [3.63, 3.8) is 0 Å². The predicted octanol–water partition coefficient (Wildman–Crippen LogP) is -2.25. The van der Waals surface area contributed by atoms with Crippen LogP contribution in [0.4, 0.5) is 0 Å². The Morgan fingerprint density at radius 1 is 1.20 bits per heavy atom. The van der Waals surface area contributed by atoms with Gasteiger partial charge in [0.15, 0.2) is 12.4 Å². The molecule has 0 saturated carbocycles. The Morgan fingerprint density at radius 2 is 1.85 bits per heavy atom. The van der Waals surface area contributed by atoms with Crippen LogP contribution in [-0.4, -0.2) is 76.4 Å². The highest BCUT2D eigenvalue weighted by Gasteiger charge is 2.47. The maximum absolute atomic E-state index is 11.5. The molecule has 0 aromatic heterocycles. The Hall–Kier alpha value is -0.770. The molecule has 8 nitrogen and oxygen atoms in total. The van der Waals surface area contributed by atoms with Gasteiger partial charge in [-0.2, -0.15) is 0 Å². The van der Waals surface area contributed by atoms with Crippen molar-refractivity contribution < 1.29 is 39.4 Å².